The van der Waals surface area contributed by atoms with Crippen molar-refractivity contribution in [1.82, 2.24) is 14.9 Å². The molecule has 28 heavy (non-hydrogen) atoms. The first-order valence-electron chi connectivity index (χ1n) is 9.70. The molecule has 0 atom stereocenters. The van der Waals surface area contributed by atoms with Crippen molar-refractivity contribution < 1.29 is 4.79 Å². The molecule has 0 saturated carbocycles. The van der Waals surface area contributed by atoms with E-state index in [1.54, 1.807) is 6.20 Å². The van der Waals surface area contributed by atoms with Crippen LogP contribution in [0.2, 0.25) is 0 Å². The number of carbonyl (C=O) groups is 1. The normalized spacial score (nSPS) is 14.7. The average molecular weight is 439 g/mol. The molecule has 1 aromatic carbocycles. The number of hydrogen-bond donors (Lipinski definition) is 1. The van der Waals surface area contributed by atoms with Gasteiger partial charge in [-0.1, -0.05) is 28.8 Å². The number of hydrogen-bond acceptors (Lipinski definition) is 4. The molecule has 1 saturated heterocycles. The summed E-state index contributed by atoms with van der Waals surface area (Å²) in [6, 6.07) is 11.9. The number of amides is 1. The van der Waals surface area contributed by atoms with Gasteiger partial charge in [0.25, 0.3) is 5.91 Å². The van der Waals surface area contributed by atoms with E-state index < -0.39 is 0 Å². The van der Waals surface area contributed by atoms with Crippen LogP contribution in [0.3, 0.4) is 0 Å². The monoisotopic (exact) mass is 438 g/mol. The number of carbonyl (C=O) groups excluding carboxylic acids is 1. The predicted octanol–water partition coefficient (Wildman–Crippen LogP) is 5.46. The lowest BCUT2D eigenvalue weighted by molar-refractivity contribution is 0.0762. The Morgan fingerprint density at radius 1 is 1.04 bits per heavy atom. The van der Waals surface area contributed by atoms with E-state index in [0.717, 1.165) is 52.9 Å². The van der Waals surface area contributed by atoms with Gasteiger partial charge in [-0.05, 0) is 56.2 Å². The van der Waals surface area contributed by atoms with Gasteiger partial charge in [-0.2, -0.15) is 0 Å². The van der Waals surface area contributed by atoms with Gasteiger partial charge in [0.1, 0.15) is 0 Å². The van der Waals surface area contributed by atoms with Crippen LogP contribution in [-0.4, -0.2) is 33.9 Å². The van der Waals surface area contributed by atoms with Crippen LogP contribution in [0, 0.1) is 6.92 Å². The lowest BCUT2D eigenvalue weighted by Gasteiger charge is -2.22. The molecule has 4 rings (SSSR count). The number of rotatable bonds is 3. The zero-order chi connectivity index (χ0) is 19.5. The molecule has 144 valence electrons. The van der Waals surface area contributed by atoms with Gasteiger partial charge in [0, 0.05) is 40.5 Å². The fraction of sp³-hybridized carbons (Fsp3) is 0.318. The van der Waals surface area contributed by atoms with E-state index in [4.69, 9.17) is 0 Å². The number of benzene rings is 1. The first-order chi connectivity index (χ1) is 13.6. The Labute approximate surface area is 173 Å². The summed E-state index contributed by atoms with van der Waals surface area (Å²) in [6.07, 6.45) is 6.16. The van der Waals surface area contributed by atoms with Crippen LogP contribution in [0.15, 0.2) is 47.1 Å². The number of likely N-dealkylation sites (tertiary alicyclic amines) is 1. The molecule has 0 aliphatic carbocycles. The van der Waals surface area contributed by atoms with Crippen LogP contribution in [0.4, 0.5) is 11.4 Å². The topological polar surface area (TPSA) is 58.1 Å². The minimum absolute atomic E-state index is 0.0384. The number of anilines is 2. The lowest BCUT2D eigenvalue weighted by Crippen LogP contribution is -2.32. The Bertz CT molecular complexity index is 995. The van der Waals surface area contributed by atoms with Crippen molar-refractivity contribution in [3.05, 3.63) is 58.3 Å². The fourth-order valence-corrected chi connectivity index (χ4v) is 3.85. The highest BCUT2D eigenvalue weighted by molar-refractivity contribution is 9.10. The van der Waals surface area contributed by atoms with Crippen LogP contribution in [0.25, 0.3) is 11.0 Å². The van der Waals surface area contributed by atoms with Crippen LogP contribution in [0.1, 0.15) is 41.7 Å². The van der Waals surface area contributed by atoms with Crippen molar-refractivity contribution in [2.45, 2.75) is 32.6 Å². The molecule has 1 amide bonds. The smallest absolute Gasteiger partial charge is 0.257 e. The number of aryl methyl sites for hydroxylation is 1. The van der Waals surface area contributed by atoms with E-state index in [9.17, 15) is 4.79 Å². The first kappa shape index (κ1) is 18.9. The molecule has 0 bridgehead atoms. The molecule has 1 fully saturated rings. The first-order valence-corrected chi connectivity index (χ1v) is 10.5. The van der Waals surface area contributed by atoms with Crippen molar-refractivity contribution in [3.63, 3.8) is 0 Å². The Hall–Kier alpha value is -2.47. The number of nitrogens with zero attached hydrogens (tertiary/aromatic N) is 3. The van der Waals surface area contributed by atoms with E-state index in [1.165, 1.54) is 12.8 Å². The number of pyridine rings is 2. The van der Waals surface area contributed by atoms with Gasteiger partial charge in [0.05, 0.1) is 11.3 Å². The number of aromatic nitrogens is 2. The molecule has 2 aromatic heterocycles. The zero-order valence-electron chi connectivity index (χ0n) is 15.9. The van der Waals surface area contributed by atoms with E-state index in [0.29, 0.717) is 11.2 Å². The molecule has 0 unspecified atom stereocenters. The Kier molecular flexibility index (Phi) is 5.57. The van der Waals surface area contributed by atoms with Crippen LogP contribution < -0.4 is 5.32 Å². The standard InChI is InChI=1S/C22H23BrN4O/c1-15-6-11-18-20(26-17-9-7-16(23)8-10-17)19(14-24-21(18)25-15)22(28)27-12-4-2-3-5-13-27/h6-11,14H,2-5,12-13H2,1H3,(H,24,25,26). The van der Waals surface area contributed by atoms with Gasteiger partial charge in [-0.3, -0.25) is 4.79 Å². The minimum atomic E-state index is 0.0384. The maximum atomic E-state index is 13.3. The average Bonchev–Trinajstić information content (AvgIpc) is 2.99. The van der Waals surface area contributed by atoms with Gasteiger partial charge >= 0.3 is 0 Å². The molecule has 3 heterocycles. The summed E-state index contributed by atoms with van der Waals surface area (Å²) in [4.78, 5) is 24.3. The quantitative estimate of drug-likeness (QED) is 0.589. The summed E-state index contributed by atoms with van der Waals surface area (Å²) in [6.45, 7) is 3.56. The third kappa shape index (κ3) is 4.02. The Balaban J connectivity index is 1.79. The van der Waals surface area contributed by atoms with Crippen molar-refractivity contribution in [3.8, 4) is 0 Å². The summed E-state index contributed by atoms with van der Waals surface area (Å²) < 4.78 is 1.01. The van der Waals surface area contributed by atoms with Gasteiger partial charge < -0.3 is 10.2 Å². The van der Waals surface area contributed by atoms with Gasteiger partial charge in [-0.25, -0.2) is 9.97 Å². The Morgan fingerprint density at radius 2 is 1.75 bits per heavy atom. The zero-order valence-corrected chi connectivity index (χ0v) is 17.5. The molecule has 1 N–H and O–H groups in total. The van der Waals surface area contributed by atoms with Crippen molar-refractivity contribution in [2.75, 3.05) is 18.4 Å². The largest absolute Gasteiger partial charge is 0.354 e. The highest BCUT2D eigenvalue weighted by Crippen LogP contribution is 2.30. The van der Waals surface area contributed by atoms with E-state index in [1.807, 2.05) is 48.2 Å². The minimum Gasteiger partial charge on any atom is -0.354 e. The van der Waals surface area contributed by atoms with E-state index in [-0.39, 0.29) is 5.91 Å². The fourth-order valence-electron chi connectivity index (χ4n) is 3.59. The van der Waals surface area contributed by atoms with Crippen LogP contribution in [-0.2, 0) is 0 Å². The third-order valence-electron chi connectivity index (χ3n) is 5.11. The SMILES string of the molecule is Cc1ccc2c(Nc3ccc(Br)cc3)c(C(=O)N3CCCCCC3)cnc2n1. The number of nitrogens with one attached hydrogen (secondary N) is 1. The highest BCUT2D eigenvalue weighted by atomic mass is 79.9. The predicted molar refractivity (Wildman–Crippen MR) is 116 cm³/mol. The Morgan fingerprint density at radius 3 is 2.46 bits per heavy atom. The highest BCUT2D eigenvalue weighted by Gasteiger charge is 2.22. The van der Waals surface area contributed by atoms with Crippen molar-refractivity contribution in [2.24, 2.45) is 0 Å². The van der Waals surface area contributed by atoms with Gasteiger partial charge in [-0.15, -0.1) is 0 Å². The molecular weight excluding hydrogens is 416 g/mol. The van der Waals surface area contributed by atoms with Crippen LogP contribution in [0.5, 0.6) is 0 Å². The molecule has 0 spiro atoms. The number of fused-ring (bicyclic) bond motifs is 1. The van der Waals surface area contributed by atoms with Crippen LogP contribution >= 0.6 is 15.9 Å². The van der Waals surface area contributed by atoms with Gasteiger partial charge in [0.15, 0.2) is 5.65 Å². The second-order valence-electron chi connectivity index (χ2n) is 7.21. The summed E-state index contributed by atoms with van der Waals surface area (Å²) >= 11 is 3.47. The summed E-state index contributed by atoms with van der Waals surface area (Å²) in [7, 11) is 0. The molecule has 3 aromatic rings. The van der Waals surface area contributed by atoms with E-state index >= 15 is 0 Å². The van der Waals surface area contributed by atoms with Crippen molar-refractivity contribution >= 4 is 44.2 Å². The molecule has 6 heteroatoms. The summed E-state index contributed by atoms with van der Waals surface area (Å²) in [5.41, 5.74) is 3.84. The summed E-state index contributed by atoms with van der Waals surface area (Å²) in [5, 5.41) is 4.31. The molecule has 5 nitrogen and oxygen atoms in total. The molecule has 1 aliphatic rings. The molecular formula is C22H23BrN4O. The second-order valence-corrected chi connectivity index (χ2v) is 8.12. The number of halogens is 1. The second kappa shape index (κ2) is 8.27. The van der Waals surface area contributed by atoms with Gasteiger partial charge in [0.2, 0.25) is 0 Å². The van der Waals surface area contributed by atoms with E-state index in [2.05, 4.69) is 31.2 Å². The maximum Gasteiger partial charge on any atom is 0.257 e. The van der Waals surface area contributed by atoms with Crippen molar-refractivity contribution in [1.29, 1.82) is 0 Å². The maximum absolute atomic E-state index is 13.3. The molecule has 1 aliphatic heterocycles. The molecule has 0 radical (unpaired) electrons. The lowest BCUT2D eigenvalue weighted by atomic mass is 10.1. The summed E-state index contributed by atoms with van der Waals surface area (Å²) in [5.74, 6) is 0.0384. The third-order valence-corrected chi connectivity index (χ3v) is 5.63.